The third-order valence-corrected chi connectivity index (χ3v) is 4.28. The van der Waals surface area contributed by atoms with Gasteiger partial charge in [-0.2, -0.15) is 10.4 Å². The van der Waals surface area contributed by atoms with Crippen LogP contribution in [0.25, 0.3) is 0 Å². The Bertz CT molecular complexity index is 837. The molecule has 0 unspecified atom stereocenters. The number of amides is 1. The van der Waals surface area contributed by atoms with Crippen LogP contribution >= 0.6 is 11.3 Å². The van der Waals surface area contributed by atoms with Gasteiger partial charge in [-0.05, 0) is 43.2 Å². The SMILES string of the molecule is CCOc1cc(C=NNC(=O)c2sc(N)c(C#N)c2C)ccc1O. The average molecular weight is 344 g/mol. The first-order valence-corrected chi connectivity index (χ1v) is 7.87. The molecule has 1 aromatic carbocycles. The summed E-state index contributed by atoms with van der Waals surface area (Å²) in [6.07, 6.45) is 1.43. The van der Waals surface area contributed by atoms with Crippen molar-refractivity contribution in [1.82, 2.24) is 5.43 Å². The van der Waals surface area contributed by atoms with E-state index in [4.69, 9.17) is 15.7 Å². The van der Waals surface area contributed by atoms with Crippen molar-refractivity contribution >= 4 is 28.5 Å². The number of aromatic hydroxyl groups is 1. The number of nitrogen functional groups attached to an aromatic ring is 1. The van der Waals surface area contributed by atoms with Crippen LogP contribution in [0.4, 0.5) is 5.00 Å². The van der Waals surface area contributed by atoms with E-state index in [1.54, 1.807) is 19.1 Å². The van der Waals surface area contributed by atoms with Gasteiger partial charge in [0.1, 0.15) is 15.9 Å². The summed E-state index contributed by atoms with van der Waals surface area (Å²) in [6.45, 7) is 3.90. The quantitative estimate of drug-likeness (QED) is 0.568. The molecule has 1 heterocycles. The van der Waals surface area contributed by atoms with Crippen molar-refractivity contribution in [2.24, 2.45) is 5.10 Å². The number of nitrogens with zero attached hydrogens (tertiary/aromatic N) is 2. The first kappa shape index (κ1) is 17.3. The van der Waals surface area contributed by atoms with Crippen LogP contribution < -0.4 is 15.9 Å². The maximum Gasteiger partial charge on any atom is 0.281 e. The van der Waals surface area contributed by atoms with E-state index in [0.29, 0.717) is 38.9 Å². The van der Waals surface area contributed by atoms with Gasteiger partial charge in [0.05, 0.1) is 18.4 Å². The Morgan fingerprint density at radius 2 is 2.33 bits per heavy atom. The van der Waals surface area contributed by atoms with Crippen molar-refractivity contribution in [3.8, 4) is 17.6 Å². The largest absolute Gasteiger partial charge is 0.504 e. The number of nitriles is 1. The summed E-state index contributed by atoms with van der Waals surface area (Å²) in [5.41, 5.74) is 9.60. The first-order chi connectivity index (χ1) is 11.5. The van der Waals surface area contributed by atoms with E-state index in [1.807, 2.05) is 13.0 Å². The van der Waals surface area contributed by atoms with E-state index in [9.17, 15) is 9.90 Å². The molecule has 0 saturated carbocycles. The summed E-state index contributed by atoms with van der Waals surface area (Å²) >= 11 is 1.05. The smallest absolute Gasteiger partial charge is 0.281 e. The highest BCUT2D eigenvalue weighted by atomic mass is 32.1. The lowest BCUT2D eigenvalue weighted by Gasteiger charge is -2.06. The van der Waals surface area contributed by atoms with Crippen LogP contribution in [0, 0.1) is 18.3 Å². The van der Waals surface area contributed by atoms with Crippen molar-refractivity contribution in [3.05, 3.63) is 39.8 Å². The highest BCUT2D eigenvalue weighted by Gasteiger charge is 2.18. The molecule has 0 aliphatic rings. The van der Waals surface area contributed by atoms with Crippen LogP contribution in [0.3, 0.4) is 0 Å². The fourth-order valence-corrected chi connectivity index (χ4v) is 2.90. The number of hydrazone groups is 1. The van der Waals surface area contributed by atoms with Gasteiger partial charge in [-0.1, -0.05) is 0 Å². The number of phenolic OH excluding ortho intramolecular Hbond substituents is 1. The average Bonchev–Trinajstić information content (AvgIpc) is 2.84. The highest BCUT2D eigenvalue weighted by molar-refractivity contribution is 7.18. The number of benzene rings is 1. The minimum atomic E-state index is -0.439. The molecule has 24 heavy (non-hydrogen) atoms. The summed E-state index contributed by atoms with van der Waals surface area (Å²) in [5, 5.41) is 22.8. The van der Waals surface area contributed by atoms with Gasteiger partial charge in [-0.15, -0.1) is 11.3 Å². The van der Waals surface area contributed by atoms with Gasteiger partial charge < -0.3 is 15.6 Å². The lowest BCUT2D eigenvalue weighted by atomic mass is 10.2. The standard InChI is InChI=1S/C16H16N4O3S/c1-3-23-13-6-10(4-5-12(13)21)8-19-20-16(22)14-9(2)11(7-17)15(18)24-14/h4-6,8,21H,3,18H2,1-2H3,(H,20,22). The molecule has 8 heteroatoms. The lowest BCUT2D eigenvalue weighted by Crippen LogP contribution is -2.17. The first-order valence-electron chi connectivity index (χ1n) is 7.06. The molecule has 0 fully saturated rings. The molecule has 0 bridgehead atoms. The topological polar surface area (TPSA) is 121 Å². The van der Waals surface area contributed by atoms with E-state index in [-0.39, 0.29) is 5.75 Å². The summed E-state index contributed by atoms with van der Waals surface area (Å²) < 4.78 is 5.28. The molecule has 0 radical (unpaired) electrons. The molecular formula is C16H16N4O3S. The maximum atomic E-state index is 12.1. The number of anilines is 1. The molecule has 1 amide bonds. The van der Waals surface area contributed by atoms with Crippen molar-refractivity contribution < 1.29 is 14.6 Å². The molecule has 0 aliphatic heterocycles. The third-order valence-electron chi connectivity index (χ3n) is 3.16. The Morgan fingerprint density at radius 3 is 2.96 bits per heavy atom. The van der Waals surface area contributed by atoms with E-state index in [1.165, 1.54) is 12.3 Å². The van der Waals surface area contributed by atoms with Crippen LogP contribution in [-0.2, 0) is 0 Å². The zero-order valence-electron chi connectivity index (χ0n) is 13.2. The monoisotopic (exact) mass is 344 g/mol. The summed E-state index contributed by atoms with van der Waals surface area (Å²) in [5.74, 6) is -0.0640. The minimum Gasteiger partial charge on any atom is -0.504 e. The van der Waals surface area contributed by atoms with Crippen molar-refractivity contribution in [1.29, 1.82) is 5.26 Å². The predicted octanol–water partition coefficient (Wildman–Crippen LogP) is 2.38. The van der Waals surface area contributed by atoms with Gasteiger partial charge in [0.25, 0.3) is 5.91 Å². The van der Waals surface area contributed by atoms with Gasteiger partial charge in [-0.3, -0.25) is 4.79 Å². The molecule has 4 N–H and O–H groups in total. The Balaban J connectivity index is 2.11. The third kappa shape index (κ3) is 3.64. The second-order valence-electron chi connectivity index (χ2n) is 4.77. The molecule has 0 spiro atoms. The Kier molecular flexibility index (Phi) is 5.39. The molecule has 0 saturated heterocycles. The number of hydrogen-bond donors (Lipinski definition) is 3. The molecule has 0 atom stereocenters. The van der Waals surface area contributed by atoms with Crippen LogP contribution in [0.1, 0.15) is 33.3 Å². The van der Waals surface area contributed by atoms with E-state index >= 15 is 0 Å². The van der Waals surface area contributed by atoms with Crippen molar-refractivity contribution in [3.63, 3.8) is 0 Å². The van der Waals surface area contributed by atoms with Crippen LogP contribution in [-0.4, -0.2) is 23.8 Å². The van der Waals surface area contributed by atoms with Gasteiger partial charge in [0.2, 0.25) is 0 Å². The van der Waals surface area contributed by atoms with Crippen LogP contribution in [0.5, 0.6) is 11.5 Å². The second kappa shape index (κ2) is 7.48. The van der Waals surface area contributed by atoms with E-state index in [0.717, 1.165) is 11.3 Å². The molecule has 7 nitrogen and oxygen atoms in total. The Morgan fingerprint density at radius 1 is 1.58 bits per heavy atom. The zero-order valence-corrected chi connectivity index (χ0v) is 14.0. The number of nitrogens with one attached hydrogen (secondary N) is 1. The minimum absolute atomic E-state index is 0.0340. The number of carbonyl (C=O) groups excluding carboxylic acids is 1. The number of carbonyl (C=O) groups is 1. The van der Waals surface area contributed by atoms with Gasteiger partial charge >= 0.3 is 0 Å². The fourth-order valence-electron chi connectivity index (χ4n) is 1.99. The maximum absolute atomic E-state index is 12.1. The Hall–Kier alpha value is -3.05. The predicted molar refractivity (Wildman–Crippen MR) is 92.5 cm³/mol. The molecule has 124 valence electrons. The van der Waals surface area contributed by atoms with Gasteiger partial charge in [-0.25, -0.2) is 5.43 Å². The van der Waals surface area contributed by atoms with Crippen molar-refractivity contribution in [2.45, 2.75) is 13.8 Å². The summed E-state index contributed by atoms with van der Waals surface area (Å²) in [6, 6.07) is 6.70. The summed E-state index contributed by atoms with van der Waals surface area (Å²) in [7, 11) is 0. The molecular weight excluding hydrogens is 328 g/mol. The van der Waals surface area contributed by atoms with Gasteiger partial charge in [0.15, 0.2) is 11.5 Å². The van der Waals surface area contributed by atoms with Gasteiger partial charge in [0, 0.05) is 0 Å². The summed E-state index contributed by atoms with van der Waals surface area (Å²) in [4.78, 5) is 12.5. The number of phenols is 1. The van der Waals surface area contributed by atoms with Crippen LogP contribution in [0.15, 0.2) is 23.3 Å². The number of thiophene rings is 1. The number of rotatable bonds is 5. The van der Waals surface area contributed by atoms with E-state index < -0.39 is 5.91 Å². The van der Waals surface area contributed by atoms with Crippen molar-refractivity contribution in [2.75, 3.05) is 12.3 Å². The Labute approximate surface area is 143 Å². The number of ether oxygens (including phenoxy) is 1. The molecule has 0 aliphatic carbocycles. The molecule has 2 rings (SSSR count). The normalized spacial score (nSPS) is 10.5. The number of hydrogen-bond acceptors (Lipinski definition) is 7. The molecule has 1 aromatic heterocycles. The van der Waals surface area contributed by atoms with E-state index in [2.05, 4.69) is 10.5 Å². The molecule has 2 aromatic rings. The zero-order chi connectivity index (χ0) is 17.7. The van der Waals surface area contributed by atoms with Crippen LogP contribution in [0.2, 0.25) is 0 Å². The highest BCUT2D eigenvalue weighted by Crippen LogP contribution is 2.29. The lowest BCUT2D eigenvalue weighted by molar-refractivity contribution is 0.0958. The number of nitrogens with two attached hydrogens (primary N) is 1. The second-order valence-corrected chi connectivity index (χ2v) is 5.82. The fraction of sp³-hybridized carbons (Fsp3) is 0.188.